The van der Waals surface area contributed by atoms with Crippen molar-refractivity contribution in [3.8, 4) is 11.3 Å². The summed E-state index contributed by atoms with van der Waals surface area (Å²) in [7, 11) is 0. The van der Waals surface area contributed by atoms with Gasteiger partial charge < -0.3 is 11.1 Å². The molecule has 1 amide bonds. The van der Waals surface area contributed by atoms with E-state index in [4.69, 9.17) is 17.3 Å². The third-order valence-electron chi connectivity index (χ3n) is 3.99. The van der Waals surface area contributed by atoms with Gasteiger partial charge in [0.15, 0.2) is 0 Å². The maximum Gasteiger partial charge on any atom is 0.242 e. The van der Waals surface area contributed by atoms with Crippen LogP contribution in [0.25, 0.3) is 11.3 Å². The number of rotatable bonds is 6. The Balaban J connectivity index is 1.75. The lowest BCUT2D eigenvalue weighted by Gasteiger charge is -2.12. The summed E-state index contributed by atoms with van der Waals surface area (Å²) in [6, 6.07) is 14.4. The Morgan fingerprint density at radius 3 is 2.73 bits per heavy atom. The predicted octanol–water partition coefficient (Wildman–Crippen LogP) is 3.13. The molecule has 26 heavy (non-hydrogen) atoms. The van der Waals surface area contributed by atoms with Crippen LogP contribution in [0.3, 0.4) is 0 Å². The van der Waals surface area contributed by atoms with Crippen molar-refractivity contribution in [1.29, 1.82) is 0 Å². The molecule has 0 fully saturated rings. The summed E-state index contributed by atoms with van der Waals surface area (Å²) in [5, 5.41) is 7.78. The Bertz CT molecular complexity index is 894. The molecule has 0 aliphatic rings. The van der Waals surface area contributed by atoms with Gasteiger partial charge in [0, 0.05) is 24.4 Å². The highest BCUT2D eigenvalue weighted by Crippen LogP contribution is 2.23. The highest BCUT2D eigenvalue weighted by Gasteiger charge is 2.17. The van der Waals surface area contributed by atoms with Crippen LogP contribution in [0.15, 0.2) is 54.7 Å². The molecule has 1 atom stereocenters. The van der Waals surface area contributed by atoms with E-state index in [0.717, 1.165) is 11.1 Å². The molecule has 134 valence electrons. The van der Waals surface area contributed by atoms with Gasteiger partial charge in [0.2, 0.25) is 5.91 Å². The van der Waals surface area contributed by atoms with Crippen molar-refractivity contribution in [3.05, 3.63) is 65.4 Å². The van der Waals surface area contributed by atoms with E-state index in [0.29, 0.717) is 29.6 Å². The number of amides is 1. The van der Waals surface area contributed by atoms with E-state index in [-0.39, 0.29) is 5.91 Å². The number of carbonyl (C=O) groups is 1. The summed E-state index contributed by atoms with van der Waals surface area (Å²) in [5.74, 6) is 0.353. The topological polar surface area (TPSA) is 85.8 Å². The number of aryl methyl sites for hydroxylation is 1. The average molecular weight is 370 g/mol. The maximum atomic E-state index is 12.5. The van der Waals surface area contributed by atoms with Gasteiger partial charge in [0.25, 0.3) is 0 Å². The van der Waals surface area contributed by atoms with Gasteiger partial charge in [-0.3, -0.25) is 4.79 Å². The summed E-state index contributed by atoms with van der Waals surface area (Å²) in [4.78, 5) is 16.4. The predicted molar refractivity (Wildman–Crippen MR) is 103 cm³/mol. The molecule has 0 unspecified atom stereocenters. The molecule has 0 radical (unpaired) electrons. The van der Waals surface area contributed by atoms with Gasteiger partial charge in [-0.2, -0.15) is 5.10 Å². The quantitative estimate of drug-likeness (QED) is 0.653. The first-order valence-corrected chi connectivity index (χ1v) is 8.74. The largest absolute Gasteiger partial charge is 0.320 e. The molecule has 6 nitrogen and oxygen atoms in total. The van der Waals surface area contributed by atoms with Crippen LogP contribution in [0.1, 0.15) is 12.5 Å². The van der Waals surface area contributed by atoms with Crippen molar-refractivity contribution in [3.63, 3.8) is 0 Å². The first-order valence-electron chi connectivity index (χ1n) is 8.37. The third kappa shape index (κ3) is 4.28. The lowest BCUT2D eigenvalue weighted by molar-refractivity contribution is -0.117. The zero-order valence-corrected chi connectivity index (χ0v) is 15.1. The maximum absolute atomic E-state index is 12.5. The fourth-order valence-electron chi connectivity index (χ4n) is 2.64. The standard InChI is InChI=1S/C19H20ClN5O/c1-2-25-18(12-16(24-25)14-8-9-22-17(20)11-14)23-19(26)15(21)10-13-6-4-3-5-7-13/h3-9,11-12,15H,2,10,21H2,1H3,(H,23,26)/t15-/m0/s1. The minimum Gasteiger partial charge on any atom is -0.320 e. The van der Waals surface area contributed by atoms with Crippen molar-refractivity contribution < 1.29 is 4.79 Å². The molecule has 0 aliphatic carbocycles. The van der Waals surface area contributed by atoms with Crippen LogP contribution in [0, 0.1) is 0 Å². The fraction of sp³-hybridized carbons (Fsp3) is 0.211. The van der Waals surface area contributed by atoms with Crippen LogP contribution >= 0.6 is 11.6 Å². The monoisotopic (exact) mass is 369 g/mol. The van der Waals surface area contributed by atoms with Crippen LogP contribution in [0.4, 0.5) is 5.82 Å². The molecule has 1 aromatic carbocycles. The molecule has 2 aromatic heterocycles. The number of halogens is 1. The smallest absolute Gasteiger partial charge is 0.242 e. The number of hydrogen-bond acceptors (Lipinski definition) is 4. The van der Waals surface area contributed by atoms with Crippen molar-refractivity contribution in [2.24, 2.45) is 5.73 Å². The van der Waals surface area contributed by atoms with Crippen LogP contribution in [-0.2, 0) is 17.8 Å². The minimum atomic E-state index is -0.642. The Morgan fingerprint density at radius 1 is 1.27 bits per heavy atom. The molecule has 7 heteroatoms. The van der Waals surface area contributed by atoms with Crippen molar-refractivity contribution in [2.75, 3.05) is 5.32 Å². The van der Waals surface area contributed by atoms with Gasteiger partial charge in [-0.25, -0.2) is 9.67 Å². The number of nitrogens with zero attached hydrogens (tertiary/aromatic N) is 3. The van der Waals surface area contributed by atoms with E-state index in [1.54, 1.807) is 16.9 Å². The van der Waals surface area contributed by atoms with E-state index >= 15 is 0 Å². The second kappa shape index (κ2) is 8.12. The number of aromatic nitrogens is 3. The third-order valence-corrected chi connectivity index (χ3v) is 4.20. The normalized spacial score (nSPS) is 12.0. The molecule has 0 aliphatic heterocycles. The minimum absolute atomic E-state index is 0.247. The number of benzene rings is 1. The molecule has 0 bridgehead atoms. The molecule has 3 rings (SSSR count). The number of hydrogen-bond donors (Lipinski definition) is 2. The highest BCUT2D eigenvalue weighted by molar-refractivity contribution is 6.29. The molecule has 3 N–H and O–H groups in total. The van der Waals surface area contributed by atoms with Gasteiger partial charge in [-0.15, -0.1) is 0 Å². The second-order valence-electron chi connectivity index (χ2n) is 5.88. The number of nitrogens with two attached hydrogens (primary N) is 1. The Kier molecular flexibility index (Phi) is 5.65. The Labute approximate surface area is 157 Å². The number of anilines is 1. The highest BCUT2D eigenvalue weighted by atomic mass is 35.5. The first kappa shape index (κ1) is 18.1. The van der Waals surface area contributed by atoms with Crippen LogP contribution in [0.2, 0.25) is 5.15 Å². The summed E-state index contributed by atoms with van der Waals surface area (Å²) in [6.45, 7) is 2.57. The zero-order chi connectivity index (χ0) is 18.5. The molecule has 0 saturated heterocycles. The van der Waals surface area contributed by atoms with Gasteiger partial charge in [-0.05, 0) is 31.0 Å². The number of carbonyl (C=O) groups excluding carboxylic acids is 1. The lowest BCUT2D eigenvalue weighted by atomic mass is 10.1. The SMILES string of the molecule is CCn1nc(-c2ccnc(Cl)c2)cc1NC(=O)[C@@H](N)Cc1ccccc1. The fourth-order valence-corrected chi connectivity index (χ4v) is 2.81. The van der Waals surface area contributed by atoms with E-state index < -0.39 is 6.04 Å². The van der Waals surface area contributed by atoms with E-state index in [2.05, 4.69) is 15.4 Å². The molecular weight excluding hydrogens is 350 g/mol. The molecule has 0 spiro atoms. The molecular formula is C19H20ClN5O. The van der Waals surface area contributed by atoms with Crippen molar-refractivity contribution in [2.45, 2.75) is 25.9 Å². The summed E-state index contributed by atoms with van der Waals surface area (Å²) >= 11 is 5.95. The van der Waals surface area contributed by atoms with Gasteiger partial charge in [-0.1, -0.05) is 41.9 Å². The summed E-state index contributed by atoms with van der Waals surface area (Å²) in [5.41, 5.74) is 8.62. The van der Waals surface area contributed by atoms with E-state index in [1.807, 2.05) is 49.4 Å². The Hall–Kier alpha value is -2.70. The van der Waals surface area contributed by atoms with Crippen molar-refractivity contribution >= 4 is 23.3 Å². The lowest BCUT2D eigenvalue weighted by Crippen LogP contribution is -2.37. The molecule has 3 aromatic rings. The summed E-state index contributed by atoms with van der Waals surface area (Å²) in [6.07, 6.45) is 2.09. The summed E-state index contributed by atoms with van der Waals surface area (Å²) < 4.78 is 1.72. The van der Waals surface area contributed by atoms with Gasteiger partial charge >= 0.3 is 0 Å². The Morgan fingerprint density at radius 2 is 2.04 bits per heavy atom. The van der Waals surface area contributed by atoms with Crippen molar-refractivity contribution in [1.82, 2.24) is 14.8 Å². The van der Waals surface area contributed by atoms with E-state index in [9.17, 15) is 4.79 Å². The molecule has 2 heterocycles. The van der Waals surface area contributed by atoms with Crippen LogP contribution < -0.4 is 11.1 Å². The first-order chi connectivity index (χ1) is 12.6. The zero-order valence-electron chi connectivity index (χ0n) is 14.4. The average Bonchev–Trinajstić information content (AvgIpc) is 3.05. The van der Waals surface area contributed by atoms with E-state index in [1.165, 1.54) is 0 Å². The van der Waals surface area contributed by atoms with Crippen LogP contribution in [0.5, 0.6) is 0 Å². The van der Waals surface area contributed by atoms with Crippen LogP contribution in [-0.4, -0.2) is 26.7 Å². The van der Waals surface area contributed by atoms with Gasteiger partial charge in [0.05, 0.1) is 11.7 Å². The number of nitrogens with one attached hydrogen (secondary N) is 1. The molecule has 0 saturated carbocycles. The second-order valence-corrected chi connectivity index (χ2v) is 6.27. The number of pyridine rings is 1. The van der Waals surface area contributed by atoms with Gasteiger partial charge in [0.1, 0.15) is 11.0 Å².